The summed E-state index contributed by atoms with van der Waals surface area (Å²) in [5.74, 6) is 0. The minimum absolute atomic E-state index is 0.519. The highest BCUT2D eigenvalue weighted by atomic mass is 16.3. The second kappa shape index (κ2) is 3.35. The monoisotopic (exact) mass is 171 g/mol. The molecule has 2 heteroatoms. The number of hydrogen-bond donors (Lipinski definition) is 2. The molecular weight excluding hydrogens is 150 g/mol. The molecule has 0 saturated heterocycles. The summed E-state index contributed by atoms with van der Waals surface area (Å²) >= 11 is 0. The highest BCUT2D eigenvalue weighted by Crippen LogP contribution is 2.39. The van der Waals surface area contributed by atoms with Crippen LogP contribution >= 0.6 is 0 Å². The molecular formula is C10H21NO. The number of nitrogens with one attached hydrogen (secondary N) is 1. The Labute approximate surface area is 75.4 Å². The Hall–Kier alpha value is -0.0800. The van der Waals surface area contributed by atoms with Crippen molar-refractivity contribution in [1.29, 1.82) is 0 Å². The Kier molecular flexibility index (Phi) is 2.79. The number of rotatable bonds is 4. The van der Waals surface area contributed by atoms with Gasteiger partial charge >= 0.3 is 0 Å². The zero-order valence-corrected chi connectivity index (χ0v) is 8.48. The normalized spacial score (nSPS) is 22.0. The topological polar surface area (TPSA) is 32.3 Å². The first kappa shape index (κ1) is 10.0. The average Bonchev–Trinajstić information content (AvgIpc) is 1.81. The minimum Gasteiger partial charge on any atom is -0.389 e. The summed E-state index contributed by atoms with van der Waals surface area (Å²) in [5, 5.41) is 12.8. The molecule has 0 atom stereocenters. The Morgan fingerprint density at radius 3 is 2.33 bits per heavy atom. The van der Waals surface area contributed by atoms with Gasteiger partial charge in [0, 0.05) is 13.1 Å². The second-order valence-electron chi connectivity index (χ2n) is 5.08. The molecule has 1 saturated carbocycles. The lowest BCUT2D eigenvalue weighted by Gasteiger charge is -2.39. The van der Waals surface area contributed by atoms with E-state index in [0.29, 0.717) is 12.0 Å². The maximum atomic E-state index is 9.44. The summed E-state index contributed by atoms with van der Waals surface area (Å²) in [6.45, 7) is 7.74. The van der Waals surface area contributed by atoms with Crippen LogP contribution in [0.25, 0.3) is 0 Å². The molecule has 0 spiro atoms. The first-order valence-electron chi connectivity index (χ1n) is 4.84. The van der Waals surface area contributed by atoms with Crippen LogP contribution in [-0.2, 0) is 0 Å². The Morgan fingerprint density at radius 2 is 2.00 bits per heavy atom. The van der Waals surface area contributed by atoms with Crippen molar-refractivity contribution in [3.63, 3.8) is 0 Å². The molecule has 0 amide bonds. The third-order valence-electron chi connectivity index (χ3n) is 2.67. The predicted octanol–water partition coefficient (Wildman–Crippen LogP) is 1.54. The average molecular weight is 171 g/mol. The van der Waals surface area contributed by atoms with Crippen molar-refractivity contribution in [1.82, 2.24) is 5.32 Å². The smallest absolute Gasteiger partial charge is 0.0715 e. The zero-order chi connectivity index (χ0) is 9.24. The zero-order valence-electron chi connectivity index (χ0n) is 8.48. The van der Waals surface area contributed by atoms with E-state index in [4.69, 9.17) is 0 Å². The van der Waals surface area contributed by atoms with Gasteiger partial charge in [-0.1, -0.05) is 13.3 Å². The molecule has 1 aliphatic carbocycles. The largest absolute Gasteiger partial charge is 0.389 e. The third kappa shape index (κ3) is 3.11. The highest BCUT2D eigenvalue weighted by molar-refractivity contribution is 4.86. The molecule has 72 valence electrons. The van der Waals surface area contributed by atoms with E-state index >= 15 is 0 Å². The first-order chi connectivity index (χ1) is 5.41. The van der Waals surface area contributed by atoms with Crippen LogP contribution < -0.4 is 5.32 Å². The summed E-state index contributed by atoms with van der Waals surface area (Å²) in [5.41, 5.74) is -0.0502. The van der Waals surface area contributed by atoms with E-state index in [1.807, 2.05) is 13.8 Å². The quantitative estimate of drug-likeness (QED) is 0.672. The van der Waals surface area contributed by atoms with Crippen LogP contribution in [0.5, 0.6) is 0 Å². The van der Waals surface area contributed by atoms with E-state index < -0.39 is 5.60 Å². The van der Waals surface area contributed by atoms with Gasteiger partial charge in [0.2, 0.25) is 0 Å². The van der Waals surface area contributed by atoms with Gasteiger partial charge in [0.1, 0.15) is 0 Å². The Balaban J connectivity index is 2.10. The van der Waals surface area contributed by atoms with Crippen molar-refractivity contribution in [3.8, 4) is 0 Å². The van der Waals surface area contributed by atoms with Gasteiger partial charge in [0.25, 0.3) is 0 Å². The van der Waals surface area contributed by atoms with Crippen molar-refractivity contribution in [2.75, 3.05) is 13.1 Å². The van der Waals surface area contributed by atoms with Crippen LogP contribution in [0, 0.1) is 5.41 Å². The predicted molar refractivity (Wildman–Crippen MR) is 51.1 cm³/mol. The molecule has 0 aromatic heterocycles. The van der Waals surface area contributed by atoms with Crippen LogP contribution in [0.3, 0.4) is 0 Å². The molecule has 12 heavy (non-hydrogen) atoms. The van der Waals surface area contributed by atoms with Crippen molar-refractivity contribution in [2.45, 2.75) is 45.6 Å². The molecule has 0 radical (unpaired) electrons. The summed E-state index contributed by atoms with van der Waals surface area (Å²) in [6.07, 6.45) is 4.05. The molecule has 0 heterocycles. The van der Waals surface area contributed by atoms with E-state index in [-0.39, 0.29) is 0 Å². The van der Waals surface area contributed by atoms with Crippen molar-refractivity contribution in [3.05, 3.63) is 0 Å². The highest BCUT2D eigenvalue weighted by Gasteiger charge is 2.31. The Morgan fingerprint density at radius 1 is 1.42 bits per heavy atom. The lowest BCUT2D eigenvalue weighted by Crippen LogP contribution is -2.42. The Bertz CT molecular complexity index is 144. The third-order valence-corrected chi connectivity index (χ3v) is 2.67. The molecule has 1 rings (SSSR count). The van der Waals surface area contributed by atoms with Gasteiger partial charge in [-0.05, 0) is 32.1 Å². The molecule has 0 unspecified atom stereocenters. The fourth-order valence-electron chi connectivity index (χ4n) is 1.63. The fourth-order valence-corrected chi connectivity index (χ4v) is 1.63. The molecule has 0 aliphatic heterocycles. The maximum absolute atomic E-state index is 9.44. The van der Waals surface area contributed by atoms with Crippen LogP contribution in [0.15, 0.2) is 0 Å². The van der Waals surface area contributed by atoms with Gasteiger partial charge in [-0.25, -0.2) is 0 Å². The van der Waals surface area contributed by atoms with Crippen LogP contribution in [0.4, 0.5) is 0 Å². The first-order valence-corrected chi connectivity index (χ1v) is 4.84. The van der Waals surface area contributed by atoms with E-state index in [1.165, 1.54) is 19.3 Å². The van der Waals surface area contributed by atoms with E-state index in [0.717, 1.165) is 6.54 Å². The lowest BCUT2D eigenvalue weighted by atomic mass is 9.70. The molecule has 1 fully saturated rings. The number of aliphatic hydroxyl groups is 1. The van der Waals surface area contributed by atoms with Crippen LogP contribution in [0.2, 0.25) is 0 Å². The van der Waals surface area contributed by atoms with Gasteiger partial charge in [-0.2, -0.15) is 0 Å². The molecule has 2 N–H and O–H groups in total. The number of hydrogen-bond acceptors (Lipinski definition) is 2. The van der Waals surface area contributed by atoms with Crippen molar-refractivity contribution in [2.24, 2.45) is 5.41 Å². The summed E-state index contributed by atoms with van der Waals surface area (Å²) in [6, 6.07) is 0. The van der Waals surface area contributed by atoms with Gasteiger partial charge in [-0.15, -0.1) is 0 Å². The van der Waals surface area contributed by atoms with Crippen molar-refractivity contribution >= 4 is 0 Å². The summed E-state index contributed by atoms with van der Waals surface area (Å²) in [7, 11) is 0. The molecule has 1 aliphatic rings. The standard InChI is InChI=1S/C10H21NO/c1-9(2,12)7-11-8-10(3)5-4-6-10/h11-12H,4-8H2,1-3H3. The second-order valence-corrected chi connectivity index (χ2v) is 5.08. The summed E-state index contributed by atoms with van der Waals surface area (Å²) in [4.78, 5) is 0. The SMILES string of the molecule is CC(C)(O)CNCC1(C)CCC1. The van der Waals surface area contributed by atoms with Crippen LogP contribution in [0.1, 0.15) is 40.0 Å². The minimum atomic E-state index is -0.569. The fraction of sp³-hybridized carbons (Fsp3) is 1.00. The van der Waals surface area contributed by atoms with E-state index in [9.17, 15) is 5.11 Å². The molecule has 2 nitrogen and oxygen atoms in total. The summed E-state index contributed by atoms with van der Waals surface area (Å²) < 4.78 is 0. The maximum Gasteiger partial charge on any atom is 0.0715 e. The molecule has 0 aromatic rings. The van der Waals surface area contributed by atoms with Gasteiger partial charge < -0.3 is 10.4 Å². The molecule has 0 bridgehead atoms. The van der Waals surface area contributed by atoms with Crippen LogP contribution in [-0.4, -0.2) is 23.8 Å². The van der Waals surface area contributed by atoms with Crippen molar-refractivity contribution < 1.29 is 5.11 Å². The van der Waals surface area contributed by atoms with E-state index in [1.54, 1.807) is 0 Å². The van der Waals surface area contributed by atoms with Gasteiger partial charge in [0.05, 0.1) is 5.60 Å². The molecule has 0 aromatic carbocycles. The van der Waals surface area contributed by atoms with Gasteiger partial charge in [0.15, 0.2) is 0 Å². The lowest BCUT2D eigenvalue weighted by molar-refractivity contribution is 0.0696. The van der Waals surface area contributed by atoms with Gasteiger partial charge in [-0.3, -0.25) is 0 Å². The van der Waals surface area contributed by atoms with E-state index in [2.05, 4.69) is 12.2 Å².